The fourth-order valence-electron chi connectivity index (χ4n) is 2.48. The second-order valence-corrected chi connectivity index (χ2v) is 4.61. The minimum absolute atomic E-state index is 0.287. The molecule has 1 N–H and O–H groups in total. The summed E-state index contributed by atoms with van der Waals surface area (Å²) in [6, 6.07) is -0.733. The Morgan fingerprint density at radius 1 is 1.47 bits per heavy atom. The third kappa shape index (κ3) is 3.16. The van der Waals surface area contributed by atoms with Crippen LogP contribution in [0.1, 0.15) is 58.3 Å². The van der Waals surface area contributed by atoms with Gasteiger partial charge in [0.2, 0.25) is 6.04 Å². The molecule has 0 radical (unpaired) electrons. The van der Waals surface area contributed by atoms with Crippen LogP contribution in [0.4, 0.5) is 0 Å². The molecule has 15 heavy (non-hydrogen) atoms. The first-order valence-electron chi connectivity index (χ1n) is 5.96. The molecule has 0 spiro atoms. The van der Waals surface area contributed by atoms with E-state index in [1.807, 2.05) is 0 Å². The quantitative estimate of drug-likeness (QED) is 0.435. The average Bonchev–Trinajstić information content (AvgIpc) is 2.18. The van der Waals surface area contributed by atoms with Crippen molar-refractivity contribution in [3.63, 3.8) is 0 Å². The van der Waals surface area contributed by atoms with Crippen LogP contribution in [-0.4, -0.2) is 21.7 Å². The van der Waals surface area contributed by atoms with Crippen LogP contribution in [-0.2, 0) is 0 Å². The van der Waals surface area contributed by atoms with E-state index in [2.05, 4.69) is 6.92 Å². The lowest BCUT2D eigenvalue weighted by Gasteiger charge is -2.34. The molecule has 1 aliphatic rings. The number of rotatable bonds is 5. The molecule has 4 nitrogen and oxygen atoms in total. The minimum Gasteiger partial charge on any atom is -0.383 e. The summed E-state index contributed by atoms with van der Waals surface area (Å²) in [6.07, 6.45) is 6.56. The van der Waals surface area contributed by atoms with Gasteiger partial charge < -0.3 is 5.11 Å². The van der Waals surface area contributed by atoms with Crippen molar-refractivity contribution in [1.82, 2.24) is 0 Å². The van der Waals surface area contributed by atoms with E-state index in [1.165, 1.54) is 0 Å². The smallest absolute Gasteiger partial charge is 0.241 e. The first-order valence-corrected chi connectivity index (χ1v) is 5.96. The highest BCUT2D eigenvalue weighted by Crippen LogP contribution is 2.34. The molecule has 0 heterocycles. The van der Waals surface area contributed by atoms with E-state index in [-0.39, 0.29) is 4.92 Å². The highest BCUT2D eigenvalue weighted by molar-refractivity contribution is 4.90. The summed E-state index contributed by atoms with van der Waals surface area (Å²) in [5.74, 6) is 0. The normalized spacial score (nSPS) is 31.5. The zero-order chi connectivity index (χ0) is 11.3. The molecule has 0 bridgehead atoms. The van der Waals surface area contributed by atoms with Crippen LogP contribution in [0.5, 0.6) is 0 Å². The lowest BCUT2D eigenvalue weighted by atomic mass is 9.77. The second-order valence-electron chi connectivity index (χ2n) is 4.61. The van der Waals surface area contributed by atoms with E-state index in [0.29, 0.717) is 19.3 Å². The van der Waals surface area contributed by atoms with Crippen molar-refractivity contribution in [3.05, 3.63) is 10.1 Å². The largest absolute Gasteiger partial charge is 0.383 e. The zero-order valence-corrected chi connectivity index (χ0v) is 9.45. The van der Waals surface area contributed by atoms with Gasteiger partial charge in [-0.1, -0.05) is 32.6 Å². The predicted molar refractivity (Wildman–Crippen MR) is 58.3 cm³/mol. The molecule has 0 aromatic heterocycles. The molecule has 4 heteroatoms. The van der Waals surface area contributed by atoms with E-state index in [4.69, 9.17) is 0 Å². The van der Waals surface area contributed by atoms with Crippen molar-refractivity contribution in [3.8, 4) is 0 Å². The van der Waals surface area contributed by atoms with Gasteiger partial charge in [0.25, 0.3) is 0 Å². The van der Waals surface area contributed by atoms with Crippen molar-refractivity contribution in [1.29, 1.82) is 0 Å². The monoisotopic (exact) mass is 215 g/mol. The van der Waals surface area contributed by atoms with Crippen molar-refractivity contribution < 1.29 is 10.0 Å². The van der Waals surface area contributed by atoms with Crippen LogP contribution in [0, 0.1) is 10.1 Å². The topological polar surface area (TPSA) is 63.4 Å². The summed E-state index contributed by atoms with van der Waals surface area (Å²) in [6.45, 7) is 2.09. The lowest BCUT2D eigenvalue weighted by molar-refractivity contribution is -0.550. The van der Waals surface area contributed by atoms with Gasteiger partial charge >= 0.3 is 0 Å². The van der Waals surface area contributed by atoms with Gasteiger partial charge in [0.05, 0.1) is 0 Å². The molecule has 0 aromatic rings. The van der Waals surface area contributed by atoms with Crippen LogP contribution in [0.3, 0.4) is 0 Å². The minimum atomic E-state index is -1.03. The fourth-order valence-corrected chi connectivity index (χ4v) is 2.48. The SMILES string of the molecule is CCCCC[C@]1(O)CCCC[C@@H]1[N+](=O)[O-]. The Labute approximate surface area is 90.8 Å². The maximum atomic E-state index is 10.8. The van der Waals surface area contributed by atoms with Crippen molar-refractivity contribution in [2.45, 2.75) is 69.9 Å². The molecule has 0 saturated heterocycles. The predicted octanol–water partition coefficient (Wildman–Crippen LogP) is 2.52. The molecule has 88 valence electrons. The first-order chi connectivity index (χ1) is 7.10. The summed E-state index contributed by atoms with van der Waals surface area (Å²) in [5.41, 5.74) is -1.03. The Balaban J connectivity index is 2.55. The molecular weight excluding hydrogens is 194 g/mol. The summed E-state index contributed by atoms with van der Waals surface area (Å²) in [7, 11) is 0. The van der Waals surface area contributed by atoms with Crippen LogP contribution < -0.4 is 0 Å². The van der Waals surface area contributed by atoms with Gasteiger partial charge in [-0.05, 0) is 19.3 Å². The van der Waals surface area contributed by atoms with Crippen LogP contribution in [0.2, 0.25) is 0 Å². The van der Waals surface area contributed by atoms with Gasteiger partial charge in [0.15, 0.2) is 0 Å². The molecule has 0 unspecified atom stereocenters. The van der Waals surface area contributed by atoms with Crippen molar-refractivity contribution >= 4 is 0 Å². The van der Waals surface area contributed by atoms with E-state index >= 15 is 0 Å². The fraction of sp³-hybridized carbons (Fsp3) is 1.00. The Morgan fingerprint density at radius 2 is 2.20 bits per heavy atom. The number of hydrogen-bond acceptors (Lipinski definition) is 3. The maximum absolute atomic E-state index is 10.8. The highest BCUT2D eigenvalue weighted by atomic mass is 16.6. The van der Waals surface area contributed by atoms with E-state index in [0.717, 1.165) is 32.1 Å². The summed E-state index contributed by atoms with van der Waals surface area (Å²) in [5, 5.41) is 21.1. The number of nitrogens with zero attached hydrogens (tertiary/aromatic N) is 1. The van der Waals surface area contributed by atoms with Gasteiger partial charge in [0, 0.05) is 11.3 Å². The molecule has 1 rings (SSSR count). The van der Waals surface area contributed by atoms with Crippen LogP contribution in [0.15, 0.2) is 0 Å². The Morgan fingerprint density at radius 3 is 2.80 bits per heavy atom. The van der Waals surface area contributed by atoms with E-state index < -0.39 is 11.6 Å². The molecule has 0 aromatic carbocycles. The molecule has 2 atom stereocenters. The molecule has 1 saturated carbocycles. The standard InChI is InChI=1S/C11H21NO3/c1-2-3-5-8-11(13)9-6-4-7-10(11)12(14)15/h10,13H,2-9H2,1H3/t10-,11-/m0/s1. The average molecular weight is 215 g/mol. The highest BCUT2D eigenvalue weighted by Gasteiger charge is 2.46. The van der Waals surface area contributed by atoms with Gasteiger partial charge in [0.1, 0.15) is 5.60 Å². The van der Waals surface area contributed by atoms with E-state index in [1.54, 1.807) is 0 Å². The van der Waals surface area contributed by atoms with Gasteiger partial charge in [-0.15, -0.1) is 0 Å². The Bertz CT molecular complexity index is 220. The van der Waals surface area contributed by atoms with Gasteiger partial charge in [-0.2, -0.15) is 0 Å². The molecule has 1 aliphatic carbocycles. The number of hydrogen-bond donors (Lipinski definition) is 1. The summed E-state index contributed by atoms with van der Waals surface area (Å²) < 4.78 is 0. The van der Waals surface area contributed by atoms with Crippen molar-refractivity contribution in [2.75, 3.05) is 0 Å². The Kier molecular flexibility index (Phi) is 4.51. The number of nitro groups is 1. The molecule has 0 aliphatic heterocycles. The number of unbranched alkanes of at least 4 members (excludes halogenated alkanes) is 2. The van der Waals surface area contributed by atoms with Gasteiger partial charge in [-0.25, -0.2) is 0 Å². The molecular formula is C11H21NO3. The van der Waals surface area contributed by atoms with Crippen molar-refractivity contribution in [2.24, 2.45) is 0 Å². The molecule has 1 fully saturated rings. The zero-order valence-electron chi connectivity index (χ0n) is 9.45. The lowest BCUT2D eigenvalue weighted by Crippen LogP contribution is -2.49. The molecule has 0 amide bonds. The van der Waals surface area contributed by atoms with Crippen LogP contribution >= 0.6 is 0 Å². The summed E-state index contributed by atoms with van der Waals surface area (Å²) >= 11 is 0. The maximum Gasteiger partial charge on any atom is 0.241 e. The number of aliphatic hydroxyl groups is 1. The third-order valence-electron chi connectivity index (χ3n) is 3.43. The second kappa shape index (κ2) is 5.45. The Hall–Kier alpha value is -0.640. The first kappa shape index (κ1) is 12.4. The van der Waals surface area contributed by atoms with Gasteiger partial charge in [-0.3, -0.25) is 10.1 Å². The van der Waals surface area contributed by atoms with E-state index in [9.17, 15) is 15.2 Å². The third-order valence-corrected chi connectivity index (χ3v) is 3.43. The summed E-state index contributed by atoms with van der Waals surface area (Å²) in [4.78, 5) is 10.6. The van der Waals surface area contributed by atoms with Crippen LogP contribution in [0.25, 0.3) is 0 Å².